The van der Waals surface area contributed by atoms with Gasteiger partial charge >= 0.3 is 6.03 Å². The van der Waals surface area contributed by atoms with Crippen LogP contribution in [-0.4, -0.2) is 83.2 Å². The summed E-state index contributed by atoms with van der Waals surface area (Å²) in [5, 5.41) is 3.26. The molecule has 3 atom stereocenters. The van der Waals surface area contributed by atoms with Crippen molar-refractivity contribution in [2.45, 2.75) is 102 Å². The number of carbonyl (C=O) groups excluding carboxylic acids is 2. The molecule has 3 amide bonds. The Balaban J connectivity index is 0.00000336. The van der Waals surface area contributed by atoms with Gasteiger partial charge in [0.25, 0.3) is 0 Å². The van der Waals surface area contributed by atoms with E-state index in [-0.39, 0.29) is 42.0 Å². The second-order valence-corrected chi connectivity index (χ2v) is 12.1. The van der Waals surface area contributed by atoms with E-state index in [1.54, 1.807) is 0 Å². The quantitative estimate of drug-likeness (QED) is 0.473. The lowest BCUT2D eigenvalue weighted by Gasteiger charge is -2.49. The van der Waals surface area contributed by atoms with E-state index < -0.39 is 0 Å². The number of piperidine rings is 1. The number of fused-ring (bicyclic) bond motifs is 2. The Bertz CT molecular complexity index is 925. The van der Waals surface area contributed by atoms with E-state index in [0.29, 0.717) is 24.4 Å². The van der Waals surface area contributed by atoms with Crippen molar-refractivity contribution in [2.24, 2.45) is 5.92 Å². The highest BCUT2D eigenvalue weighted by atomic mass is 35.5. The number of amides is 3. The van der Waals surface area contributed by atoms with Crippen molar-refractivity contribution in [3.05, 3.63) is 35.9 Å². The molecule has 1 aromatic carbocycles. The third kappa shape index (κ3) is 6.00. The maximum atomic E-state index is 13.7. The molecule has 1 aromatic rings. The first-order valence-electron chi connectivity index (χ1n) is 14.7. The summed E-state index contributed by atoms with van der Waals surface area (Å²) in [6, 6.07) is 11.9. The van der Waals surface area contributed by atoms with Gasteiger partial charge in [-0.25, -0.2) is 4.79 Å². The maximum Gasteiger partial charge on any atom is 0.320 e. The zero-order chi connectivity index (χ0) is 26.0. The second-order valence-electron chi connectivity index (χ2n) is 12.1. The number of nitrogens with one attached hydrogen (secondary N) is 1. The highest BCUT2D eigenvalue weighted by Gasteiger charge is 2.57. The second kappa shape index (κ2) is 12.6. The molecule has 5 rings (SSSR count). The van der Waals surface area contributed by atoms with Crippen LogP contribution in [0.15, 0.2) is 30.3 Å². The van der Waals surface area contributed by atoms with Crippen LogP contribution in [0, 0.1) is 5.92 Å². The summed E-state index contributed by atoms with van der Waals surface area (Å²) in [5.41, 5.74) is 1.13. The summed E-state index contributed by atoms with van der Waals surface area (Å²) < 4.78 is 5.56. The number of urea groups is 1. The standard InChI is InChI=1S/C30H46N4O3.ClH/c1-4-28(35)31-27(24-8-6-5-7-9-24)12-15-33-25-10-11-26(33)19-30(18-25)21-32(29(36)34(30)22(2)3)20-23-13-16-37-17-14-23;/h5-9,22-23,25-27H,4,10-21H2,1-3H3,(H,31,35);1H/t25?,26?,27-,30?;/m0./s1. The molecule has 4 heterocycles. The average Bonchev–Trinajstić information content (AvgIpc) is 3.31. The van der Waals surface area contributed by atoms with Crippen molar-refractivity contribution in [3.63, 3.8) is 0 Å². The van der Waals surface area contributed by atoms with Crippen molar-refractivity contribution in [2.75, 3.05) is 32.8 Å². The molecule has 38 heavy (non-hydrogen) atoms. The molecule has 2 unspecified atom stereocenters. The third-order valence-electron chi connectivity index (χ3n) is 9.35. The molecule has 0 radical (unpaired) electrons. The van der Waals surface area contributed by atoms with Gasteiger partial charge in [0.1, 0.15) is 0 Å². The minimum absolute atomic E-state index is 0. The van der Waals surface area contributed by atoms with Crippen LogP contribution in [-0.2, 0) is 9.53 Å². The highest BCUT2D eigenvalue weighted by molar-refractivity contribution is 5.85. The van der Waals surface area contributed by atoms with Crippen LogP contribution >= 0.6 is 12.4 Å². The normalized spacial score (nSPS) is 28.7. The van der Waals surface area contributed by atoms with E-state index >= 15 is 0 Å². The molecule has 2 bridgehead atoms. The predicted octanol–water partition coefficient (Wildman–Crippen LogP) is 5.00. The predicted molar refractivity (Wildman–Crippen MR) is 152 cm³/mol. The van der Waals surface area contributed by atoms with Crippen LogP contribution in [0.1, 0.15) is 83.7 Å². The Hall–Kier alpha value is -1.83. The number of rotatable bonds is 9. The Morgan fingerprint density at radius 1 is 1.08 bits per heavy atom. The SMILES string of the molecule is CCC(=O)N[C@@H](CCN1C2CCC1CC1(C2)CN(CC2CCOCC2)C(=O)N1C(C)C)c1ccccc1.Cl. The lowest BCUT2D eigenvalue weighted by Crippen LogP contribution is -2.60. The third-order valence-corrected chi connectivity index (χ3v) is 9.35. The summed E-state index contributed by atoms with van der Waals surface area (Å²) in [7, 11) is 0. The van der Waals surface area contributed by atoms with Gasteiger partial charge in [-0.15, -0.1) is 12.4 Å². The molecule has 212 valence electrons. The van der Waals surface area contributed by atoms with Crippen molar-refractivity contribution in [1.29, 1.82) is 0 Å². The molecule has 1 N–H and O–H groups in total. The highest BCUT2D eigenvalue weighted by Crippen LogP contribution is 2.48. The monoisotopic (exact) mass is 546 g/mol. The Morgan fingerprint density at radius 2 is 1.74 bits per heavy atom. The molecular weight excluding hydrogens is 500 g/mol. The minimum atomic E-state index is -0.0476. The smallest absolute Gasteiger partial charge is 0.320 e. The Kier molecular flexibility index (Phi) is 9.64. The molecular formula is C30H47ClN4O3. The van der Waals surface area contributed by atoms with Gasteiger partial charge in [0.15, 0.2) is 0 Å². The molecule has 4 aliphatic heterocycles. The van der Waals surface area contributed by atoms with Crippen molar-refractivity contribution < 1.29 is 14.3 Å². The van der Waals surface area contributed by atoms with Crippen LogP contribution in [0.25, 0.3) is 0 Å². The van der Waals surface area contributed by atoms with Crippen LogP contribution in [0.2, 0.25) is 0 Å². The molecule has 1 spiro atoms. The molecule has 8 heteroatoms. The van der Waals surface area contributed by atoms with Crippen molar-refractivity contribution in [3.8, 4) is 0 Å². The summed E-state index contributed by atoms with van der Waals surface area (Å²) in [5.74, 6) is 0.669. The van der Waals surface area contributed by atoms with E-state index in [4.69, 9.17) is 4.74 Å². The first kappa shape index (κ1) is 29.2. The fourth-order valence-electron chi connectivity index (χ4n) is 7.69. The fraction of sp³-hybridized carbons (Fsp3) is 0.733. The van der Waals surface area contributed by atoms with Gasteiger partial charge in [-0.1, -0.05) is 37.3 Å². The van der Waals surface area contributed by atoms with E-state index in [1.807, 2.05) is 13.0 Å². The van der Waals surface area contributed by atoms with E-state index in [9.17, 15) is 9.59 Å². The Morgan fingerprint density at radius 3 is 2.34 bits per heavy atom. The molecule has 4 aliphatic rings. The number of ether oxygens (including phenoxy) is 1. The summed E-state index contributed by atoms with van der Waals surface area (Å²) >= 11 is 0. The minimum Gasteiger partial charge on any atom is -0.381 e. The van der Waals surface area contributed by atoms with Crippen molar-refractivity contribution in [1.82, 2.24) is 20.0 Å². The zero-order valence-corrected chi connectivity index (χ0v) is 24.3. The lowest BCUT2D eigenvalue weighted by atomic mass is 9.81. The maximum absolute atomic E-state index is 13.7. The number of halogens is 1. The molecule has 7 nitrogen and oxygen atoms in total. The molecule has 0 saturated carbocycles. The van der Waals surface area contributed by atoms with E-state index in [1.165, 1.54) is 18.4 Å². The zero-order valence-electron chi connectivity index (χ0n) is 23.4. The number of hydrogen-bond acceptors (Lipinski definition) is 4. The number of carbonyl (C=O) groups is 2. The first-order chi connectivity index (χ1) is 17.9. The van der Waals surface area contributed by atoms with Gasteiger partial charge in [-0.2, -0.15) is 0 Å². The van der Waals surface area contributed by atoms with Gasteiger partial charge < -0.3 is 19.9 Å². The van der Waals surface area contributed by atoms with Crippen LogP contribution in [0.3, 0.4) is 0 Å². The molecule has 0 aromatic heterocycles. The van der Waals surface area contributed by atoms with Gasteiger partial charge in [0.2, 0.25) is 5.91 Å². The average molecular weight is 547 g/mol. The van der Waals surface area contributed by atoms with E-state index in [2.05, 4.69) is 58.1 Å². The number of nitrogens with zero attached hydrogens (tertiary/aromatic N) is 3. The summed E-state index contributed by atoms with van der Waals surface area (Å²) in [6.45, 7) is 10.7. The van der Waals surface area contributed by atoms with Crippen LogP contribution in [0.4, 0.5) is 4.79 Å². The van der Waals surface area contributed by atoms with Gasteiger partial charge in [-0.05, 0) is 70.3 Å². The summed E-state index contributed by atoms with van der Waals surface area (Å²) in [4.78, 5) is 33.1. The Labute approximate surface area is 235 Å². The molecule has 0 aliphatic carbocycles. The van der Waals surface area contributed by atoms with Gasteiger partial charge in [0, 0.05) is 57.4 Å². The lowest BCUT2D eigenvalue weighted by molar-refractivity contribution is -0.121. The summed E-state index contributed by atoms with van der Waals surface area (Å²) in [6.07, 6.45) is 8.10. The largest absolute Gasteiger partial charge is 0.381 e. The van der Waals surface area contributed by atoms with Gasteiger partial charge in [0.05, 0.1) is 11.6 Å². The molecule has 4 fully saturated rings. The van der Waals surface area contributed by atoms with E-state index in [0.717, 1.165) is 65.0 Å². The van der Waals surface area contributed by atoms with Crippen LogP contribution < -0.4 is 5.32 Å². The van der Waals surface area contributed by atoms with Gasteiger partial charge in [-0.3, -0.25) is 9.69 Å². The first-order valence-corrected chi connectivity index (χ1v) is 14.7. The molecule has 4 saturated heterocycles. The number of hydrogen-bond donors (Lipinski definition) is 1. The fourth-order valence-corrected chi connectivity index (χ4v) is 7.69. The topological polar surface area (TPSA) is 65.1 Å². The van der Waals surface area contributed by atoms with Crippen molar-refractivity contribution >= 4 is 24.3 Å². The van der Waals surface area contributed by atoms with Crippen LogP contribution in [0.5, 0.6) is 0 Å². The number of benzene rings is 1.